The third-order valence-electron chi connectivity index (χ3n) is 2.69. The minimum Gasteiger partial charge on any atom is -0.481 e. The van der Waals surface area contributed by atoms with Gasteiger partial charge in [-0.15, -0.1) is 0 Å². The van der Waals surface area contributed by atoms with Gasteiger partial charge in [0.2, 0.25) is 0 Å². The highest BCUT2D eigenvalue weighted by Gasteiger charge is 2.25. The van der Waals surface area contributed by atoms with E-state index < -0.39 is 35.5 Å². The van der Waals surface area contributed by atoms with Crippen LogP contribution in [-0.4, -0.2) is 28.2 Å². The lowest BCUT2D eigenvalue weighted by Crippen LogP contribution is -2.35. The smallest absolute Gasteiger partial charge is 0.320 e. The Morgan fingerprint density at radius 1 is 1.21 bits per heavy atom. The number of hydrogen-bond donors (Lipinski definition) is 3. The Bertz CT molecular complexity index is 493. The fourth-order valence-electron chi connectivity index (χ4n) is 1.63. The Hall–Kier alpha value is -2.02. The van der Waals surface area contributed by atoms with E-state index in [-0.39, 0.29) is 18.4 Å². The zero-order chi connectivity index (χ0) is 14.6. The van der Waals surface area contributed by atoms with E-state index in [1.165, 1.54) is 0 Å². The molecule has 0 radical (unpaired) electrons. The van der Waals surface area contributed by atoms with Crippen molar-refractivity contribution in [1.29, 1.82) is 0 Å². The molecule has 0 aliphatic carbocycles. The molecule has 0 saturated carbocycles. The standard InChI is InChI=1S/C12H13F2NO4/c13-8-2-1-6(9(14)5-8)3-7(11(16)17)4-10(15)12(18)19/h1-2,5,7,10H,3-4,15H2,(H,16,17)(H,18,19)/t7?,10-/m0/s1. The second-order valence-electron chi connectivity index (χ2n) is 4.16. The quantitative estimate of drug-likeness (QED) is 0.718. The van der Waals surface area contributed by atoms with Gasteiger partial charge in [-0.3, -0.25) is 9.59 Å². The number of rotatable bonds is 6. The lowest BCUT2D eigenvalue weighted by molar-refractivity contribution is -0.143. The second kappa shape index (κ2) is 6.24. The van der Waals surface area contributed by atoms with Crippen molar-refractivity contribution >= 4 is 11.9 Å². The molecule has 0 aliphatic heterocycles. The Balaban J connectivity index is 2.84. The van der Waals surface area contributed by atoms with Crippen LogP contribution in [0.1, 0.15) is 12.0 Å². The number of halogens is 2. The Morgan fingerprint density at radius 2 is 1.84 bits per heavy atom. The maximum Gasteiger partial charge on any atom is 0.320 e. The molecule has 2 atom stereocenters. The maximum atomic E-state index is 13.4. The van der Waals surface area contributed by atoms with Crippen molar-refractivity contribution in [2.75, 3.05) is 0 Å². The number of aliphatic carboxylic acids is 2. The van der Waals surface area contributed by atoms with E-state index in [4.69, 9.17) is 15.9 Å². The first-order valence-electron chi connectivity index (χ1n) is 5.46. The van der Waals surface area contributed by atoms with Crippen LogP contribution in [0, 0.1) is 17.6 Å². The van der Waals surface area contributed by atoms with Gasteiger partial charge in [0.15, 0.2) is 0 Å². The minimum absolute atomic E-state index is 0.00592. The molecule has 0 amide bonds. The third-order valence-corrected chi connectivity index (χ3v) is 2.69. The van der Waals surface area contributed by atoms with Crippen molar-refractivity contribution in [3.05, 3.63) is 35.4 Å². The molecule has 0 spiro atoms. The van der Waals surface area contributed by atoms with Gasteiger partial charge in [0.05, 0.1) is 5.92 Å². The van der Waals surface area contributed by atoms with E-state index in [2.05, 4.69) is 0 Å². The fourth-order valence-corrected chi connectivity index (χ4v) is 1.63. The van der Waals surface area contributed by atoms with Crippen molar-refractivity contribution in [3.8, 4) is 0 Å². The van der Waals surface area contributed by atoms with Crippen molar-refractivity contribution < 1.29 is 28.6 Å². The van der Waals surface area contributed by atoms with Crippen molar-refractivity contribution in [1.82, 2.24) is 0 Å². The molecule has 1 aromatic rings. The summed E-state index contributed by atoms with van der Waals surface area (Å²) in [7, 11) is 0. The molecule has 104 valence electrons. The highest BCUT2D eigenvalue weighted by molar-refractivity contribution is 5.76. The number of hydrogen-bond acceptors (Lipinski definition) is 3. The first kappa shape index (κ1) is 15.0. The molecule has 1 rings (SSSR count). The van der Waals surface area contributed by atoms with Gasteiger partial charge in [-0.25, -0.2) is 8.78 Å². The van der Waals surface area contributed by atoms with Crippen LogP contribution >= 0.6 is 0 Å². The van der Waals surface area contributed by atoms with Gasteiger partial charge in [0.1, 0.15) is 17.7 Å². The Labute approximate surface area is 107 Å². The molecule has 1 unspecified atom stereocenters. The van der Waals surface area contributed by atoms with E-state index in [1.54, 1.807) is 0 Å². The summed E-state index contributed by atoms with van der Waals surface area (Å²) in [6.45, 7) is 0. The normalized spacial score (nSPS) is 13.8. The minimum atomic E-state index is -1.34. The van der Waals surface area contributed by atoms with E-state index >= 15 is 0 Å². The van der Waals surface area contributed by atoms with Crippen LogP contribution in [0.4, 0.5) is 8.78 Å². The average molecular weight is 273 g/mol. The zero-order valence-corrected chi connectivity index (χ0v) is 9.85. The molecule has 0 aromatic heterocycles. The highest BCUT2D eigenvalue weighted by atomic mass is 19.1. The van der Waals surface area contributed by atoms with Crippen LogP contribution in [0.25, 0.3) is 0 Å². The van der Waals surface area contributed by atoms with Gasteiger partial charge in [-0.1, -0.05) is 6.07 Å². The van der Waals surface area contributed by atoms with Crippen LogP contribution < -0.4 is 5.73 Å². The predicted molar refractivity (Wildman–Crippen MR) is 61.4 cm³/mol. The SMILES string of the molecule is N[C@@H](CC(Cc1ccc(F)cc1F)C(=O)O)C(=O)O. The van der Waals surface area contributed by atoms with Gasteiger partial charge < -0.3 is 15.9 Å². The number of benzene rings is 1. The first-order chi connectivity index (χ1) is 8.81. The summed E-state index contributed by atoms with van der Waals surface area (Å²) in [4.78, 5) is 21.6. The van der Waals surface area contributed by atoms with E-state index in [0.717, 1.165) is 12.1 Å². The Kier molecular flexibility index (Phi) is 4.94. The largest absolute Gasteiger partial charge is 0.481 e. The molecular formula is C12H13F2NO4. The second-order valence-corrected chi connectivity index (χ2v) is 4.16. The summed E-state index contributed by atoms with van der Waals surface area (Å²) in [5.74, 6) is -5.39. The zero-order valence-electron chi connectivity index (χ0n) is 9.85. The molecule has 5 nitrogen and oxygen atoms in total. The van der Waals surface area contributed by atoms with Crippen LogP contribution in [0.2, 0.25) is 0 Å². The molecule has 0 aliphatic rings. The highest BCUT2D eigenvalue weighted by Crippen LogP contribution is 2.18. The Morgan fingerprint density at radius 3 is 2.32 bits per heavy atom. The van der Waals surface area contributed by atoms with Gasteiger partial charge in [0, 0.05) is 6.07 Å². The molecule has 7 heteroatoms. The lowest BCUT2D eigenvalue weighted by Gasteiger charge is -2.15. The molecule has 0 fully saturated rings. The summed E-state index contributed by atoms with van der Waals surface area (Å²) in [6.07, 6.45) is -0.579. The topological polar surface area (TPSA) is 101 Å². The fraction of sp³-hybridized carbons (Fsp3) is 0.333. The number of carboxylic acids is 2. The molecule has 1 aromatic carbocycles. The monoisotopic (exact) mass is 273 g/mol. The predicted octanol–water partition coefficient (Wildman–Crippen LogP) is 1.01. The molecule has 0 saturated heterocycles. The maximum absolute atomic E-state index is 13.4. The van der Waals surface area contributed by atoms with Crippen molar-refractivity contribution in [3.63, 3.8) is 0 Å². The van der Waals surface area contributed by atoms with E-state index in [0.29, 0.717) is 6.07 Å². The van der Waals surface area contributed by atoms with Gasteiger partial charge in [-0.2, -0.15) is 0 Å². The molecule has 19 heavy (non-hydrogen) atoms. The van der Waals surface area contributed by atoms with E-state index in [1.807, 2.05) is 0 Å². The summed E-state index contributed by atoms with van der Waals surface area (Å²) < 4.78 is 26.1. The molecule has 4 N–H and O–H groups in total. The summed E-state index contributed by atoms with van der Waals surface area (Å²) in [5, 5.41) is 17.6. The third kappa shape index (κ3) is 4.29. The summed E-state index contributed by atoms with van der Waals surface area (Å²) >= 11 is 0. The van der Waals surface area contributed by atoms with Crippen LogP contribution in [0.5, 0.6) is 0 Å². The van der Waals surface area contributed by atoms with Crippen LogP contribution in [0.15, 0.2) is 18.2 Å². The molecular weight excluding hydrogens is 260 g/mol. The first-order valence-corrected chi connectivity index (χ1v) is 5.46. The van der Waals surface area contributed by atoms with Crippen molar-refractivity contribution in [2.45, 2.75) is 18.9 Å². The van der Waals surface area contributed by atoms with Crippen molar-refractivity contribution in [2.24, 2.45) is 11.7 Å². The van der Waals surface area contributed by atoms with Gasteiger partial charge in [-0.05, 0) is 24.5 Å². The van der Waals surface area contributed by atoms with Gasteiger partial charge in [0.25, 0.3) is 0 Å². The summed E-state index contributed by atoms with van der Waals surface area (Å²) in [5.41, 5.74) is 5.26. The number of nitrogens with two attached hydrogens (primary N) is 1. The average Bonchev–Trinajstić information content (AvgIpc) is 2.30. The van der Waals surface area contributed by atoms with Crippen LogP contribution in [0.3, 0.4) is 0 Å². The number of carboxylic acid groups (broad SMARTS) is 2. The lowest BCUT2D eigenvalue weighted by atomic mass is 9.93. The number of carbonyl (C=O) groups is 2. The van der Waals surface area contributed by atoms with Gasteiger partial charge >= 0.3 is 11.9 Å². The van der Waals surface area contributed by atoms with Crippen LogP contribution in [-0.2, 0) is 16.0 Å². The van der Waals surface area contributed by atoms with E-state index in [9.17, 15) is 18.4 Å². The molecule has 0 heterocycles. The summed E-state index contributed by atoms with van der Waals surface area (Å²) in [6, 6.07) is 1.44. The molecule has 0 bridgehead atoms.